The first-order valence-electron chi connectivity index (χ1n) is 11.2. The zero-order valence-electron chi connectivity index (χ0n) is 20.9. The Morgan fingerprint density at radius 3 is 2.17 bits per heavy atom. The summed E-state index contributed by atoms with van der Waals surface area (Å²) >= 11 is 0. The van der Waals surface area contributed by atoms with E-state index in [0.29, 0.717) is 5.92 Å². The van der Waals surface area contributed by atoms with E-state index < -0.39 is 5.60 Å². The SMILES string of the molecule is CCN(CC)CCCCNC(=NC)N(C)CCC(NC(=O)OC(C)(C)C)C(C)C.I. The van der Waals surface area contributed by atoms with E-state index in [1.54, 1.807) is 0 Å². The lowest BCUT2D eigenvalue weighted by Gasteiger charge is -2.28. The topological polar surface area (TPSA) is 69.2 Å². The largest absolute Gasteiger partial charge is 0.444 e. The fourth-order valence-electron chi connectivity index (χ4n) is 3.05. The molecule has 180 valence electrons. The Balaban J connectivity index is 0. The number of hydrogen-bond acceptors (Lipinski definition) is 4. The van der Waals surface area contributed by atoms with Crippen molar-refractivity contribution < 1.29 is 9.53 Å². The van der Waals surface area contributed by atoms with E-state index >= 15 is 0 Å². The molecule has 0 radical (unpaired) electrons. The molecule has 8 heteroatoms. The summed E-state index contributed by atoms with van der Waals surface area (Å²) in [6.07, 6.45) is 2.79. The second-order valence-corrected chi connectivity index (χ2v) is 8.91. The molecule has 1 atom stereocenters. The molecule has 1 unspecified atom stereocenters. The second-order valence-electron chi connectivity index (χ2n) is 8.91. The van der Waals surface area contributed by atoms with Gasteiger partial charge in [-0.2, -0.15) is 0 Å². The number of guanidine groups is 1. The van der Waals surface area contributed by atoms with Crippen molar-refractivity contribution in [3.05, 3.63) is 0 Å². The molecule has 2 N–H and O–H groups in total. The Labute approximate surface area is 202 Å². The average Bonchev–Trinajstić information content (AvgIpc) is 2.62. The third-order valence-corrected chi connectivity index (χ3v) is 4.93. The predicted octanol–water partition coefficient (Wildman–Crippen LogP) is 4.17. The Kier molecular flexibility index (Phi) is 17.7. The summed E-state index contributed by atoms with van der Waals surface area (Å²) in [4.78, 5) is 21.1. The van der Waals surface area contributed by atoms with Gasteiger partial charge in [-0.1, -0.05) is 27.7 Å². The molecule has 0 fully saturated rings. The van der Waals surface area contributed by atoms with Gasteiger partial charge in [0.2, 0.25) is 0 Å². The van der Waals surface area contributed by atoms with Crippen LogP contribution in [-0.2, 0) is 4.74 Å². The molecule has 0 aromatic heterocycles. The molecule has 0 aliphatic carbocycles. The number of carbonyl (C=O) groups excluding carboxylic acids is 1. The number of ether oxygens (including phenoxy) is 1. The molecule has 0 aromatic rings. The van der Waals surface area contributed by atoms with Crippen LogP contribution in [0.5, 0.6) is 0 Å². The second kappa shape index (κ2) is 16.9. The number of halogens is 1. The summed E-state index contributed by atoms with van der Waals surface area (Å²) < 4.78 is 5.40. The van der Waals surface area contributed by atoms with Crippen molar-refractivity contribution in [1.82, 2.24) is 20.4 Å². The van der Waals surface area contributed by atoms with Crippen molar-refractivity contribution >= 4 is 36.0 Å². The van der Waals surface area contributed by atoms with Crippen LogP contribution in [0.25, 0.3) is 0 Å². The Hall–Kier alpha value is -0.770. The Morgan fingerprint density at radius 2 is 1.70 bits per heavy atom. The highest BCUT2D eigenvalue weighted by atomic mass is 127. The van der Waals surface area contributed by atoms with Crippen LogP contribution in [-0.4, -0.2) is 80.3 Å². The number of rotatable bonds is 12. The van der Waals surface area contributed by atoms with Gasteiger partial charge in [0.25, 0.3) is 0 Å². The van der Waals surface area contributed by atoms with Crippen molar-refractivity contribution in [2.24, 2.45) is 10.9 Å². The maximum absolute atomic E-state index is 12.1. The average molecular weight is 542 g/mol. The summed E-state index contributed by atoms with van der Waals surface area (Å²) in [5.74, 6) is 1.22. The van der Waals surface area contributed by atoms with Crippen LogP contribution in [0.1, 0.15) is 67.7 Å². The lowest BCUT2D eigenvalue weighted by Crippen LogP contribution is -2.45. The van der Waals surface area contributed by atoms with E-state index in [4.69, 9.17) is 4.74 Å². The smallest absolute Gasteiger partial charge is 0.407 e. The lowest BCUT2D eigenvalue weighted by atomic mass is 10.0. The molecule has 0 heterocycles. The molecule has 0 aromatic carbocycles. The summed E-state index contributed by atoms with van der Waals surface area (Å²) in [6.45, 7) is 19.4. The summed E-state index contributed by atoms with van der Waals surface area (Å²) in [5.41, 5.74) is -0.486. The lowest BCUT2D eigenvalue weighted by molar-refractivity contribution is 0.0486. The molecule has 0 aliphatic heterocycles. The summed E-state index contributed by atoms with van der Waals surface area (Å²) in [7, 11) is 3.85. The standard InChI is InChI=1S/C22H47N5O2.HI/c1-10-27(11-2)16-13-12-15-24-20(23-8)26(9)17-14-19(18(3)4)25-21(28)29-22(5,6)7;/h18-19H,10-17H2,1-9H3,(H,23,24)(H,25,28);1H. The molecule has 0 aliphatic rings. The highest BCUT2D eigenvalue weighted by Gasteiger charge is 2.22. The van der Waals surface area contributed by atoms with Gasteiger partial charge in [-0.25, -0.2) is 4.79 Å². The summed E-state index contributed by atoms with van der Waals surface area (Å²) in [6, 6.07) is 0.0551. The van der Waals surface area contributed by atoms with Crippen LogP contribution in [0, 0.1) is 5.92 Å². The minimum atomic E-state index is -0.486. The van der Waals surface area contributed by atoms with Gasteiger partial charge in [0.05, 0.1) is 0 Å². The van der Waals surface area contributed by atoms with Gasteiger partial charge in [-0.15, -0.1) is 24.0 Å². The fourth-order valence-corrected chi connectivity index (χ4v) is 3.05. The van der Waals surface area contributed by atoms with Gasteiger partial charge >= 0.3 is 6.09 Å². The van der Waals surface area contributed by atoms with E-state index in [1.807, 2.05) is 34.9 Å². The molecular weight excluding hydrogens is 493 g/mol. The number of hydrogen-bond donors (Lipinski definition) is 2. The van der Waals surface area contributed by atoms with Crippen molar-refractivity contribution in [2.45, 2.75) is 79.4 Å². The molecule has 0 rings (SSSR count). The normalized spacial score (nSPS) is 13.1. The zero-order valence-corrected chi connectivity index (χ0v) is 23.2. The minimum absolute atomic E-state index is 0. The maximum atomic E-state index is 12.1. The third kappa shape index (κ3) is 15.1. The van der Waals surface area contributed by atoms with Gasteiger partial charge < -0.3 is 25.2 Å². The van der Waals surface area contributed by atoms with Gasteiger partial charge in [-0.05, 0) is 65.6 Å². The van der Waals surface area contributed by atoms with Crippen molar-refractivity contribution in [1.29, 1.82) is 0 Å². The molecular formula is C22H48IN5O2. The third-order valence-electron chi connectivity index (χ3n) is 4.93. The monoisotopic (exact) mass is 541 g/mol. The number of unbranched alkanes of at least 4 members (excludes halogenated alkanes) is 1. The van der Waals surface area contributed by atoms with Crippen molar-refractivity contribution in [2.75, 3.05) is 46.8 Å². The first-order chi connectivity index (χ1) is 13.5. The van der Waals surface area contributed by atoms with Gasteiger partial charge in [0.1, 0.15) is 5.60 Å². The van der Waals surface area contributed by atoms with Crippen molar-refractivity contribution in [3.63, 3.8) is 0 Å². The molecule has 7 nitrogen and oxygen atoms in total. The zero-order chi connectivity index (χ0) is 22.4. The molecule has 0 saturated heterocycles. The molecule has 1 amide bonds. The van der Waals surface area contributed by atoms with Crippen LogP contribution < -0.4 is 10.6 Å². The highest BCUT2D eigenvalue weighted by molar-refractivity contribution is 14.0. The van der Waals surface area contributed by atoms with E-state index in [2.05, 4.69) is 53.1 Å². The number of carbonyl (C=O) groups is 1. The van der Waals surface area contributed by atoms with Gasteiger partial charge in [-0.3, -0.25) is 4.99 Å². The number of nitrogens with zero attached hydrogens (tertiary/aromatic N) is 3. The fraction of sp³-hybridized carbons (Fsp3) is 0.909. The first-order valence-corrected chi connectivity index (χ1v) is 11.2. The quantitative estimate of drug-likeness (QED) is 0.168. The maximum Gasteiger partial charge on any atom is 0.407 e. The van der Waals surface area contributed by atoms with Crippen LogP contribution in [0.3, 0.4) is 0 Å². The van der Waals surface area contributed by atoms with Crippen LogP contribution >= 0.6 is 24.0 Å². The summed E-state index contributed by atoms with van der Waals surface area (Å²) in [5, 5.41) is 6.46. The molecule has 0 saturated carbocycles. The van der Waals surface area contributed by atoms with Gasteiger partial charge in [0.15, 0.2) is 5.96 Å². The number of aliphatic imine (C=N–C) groups is 1. The number of alkyl carbamates (subject to hydrolysis) is 1. The molecule has 30 heavy (non-hydrogen) atoms. The van der Waals surface area contributed by atoms with Crippen LogP contribution in [0.15, 0.2) is 4.99 Å². The molecule has 0 bridgehead atoms. The Morgan fingerprint density at radius 1 is 1.10 bits per heavy atom. The first kappa shape index (κ1) is 31.4. The van der Waals surface area contributed by atoms with Crippen LogP contribution in [0.4, 0.5) is 4.79 Å². The Bertz CT molecular complexity index is 477. The minimum Gasteiger partial charge on any atom is -0.444 e. The van der Waals surface area contributed by atoms with E-state index in [1.165, 1.54) is 6.42 Å². The number of nitrogens with one attached hydrogen (secondary N) is 2. The highest BCUT2D eigenvalue weighted by Crippen LogP contribution is 2.11. The van der Waals surface area contributed by atoms with E-state index in [9.17, 15) is 4.79 Å². The van der Waals surface area contributed by atoms with Crippen molar-refractivity contribution in [3.8, 4) is 0 Å². The predicted molar refractivity (Wildman–Crippen MR) is 139 cm³/mol. The van der Waals surface area contributed by atoms with E-state index in [-0.39, 0.29) is 36.1 Å². The van der Waals surface area contributed by atoms with E-state index in [0.717, 1.165) is 51.5 Å². The number of amides is 1. The molecule has 0 spiro atoms. The van der Waals surface area contributed by atoms with Gasteiger partial charge in [0, 0.05) is 33.2 Å². The van der Waals surface area contributed by atoms with Crippen LogP contribution in [0.2, 0.25) is 0 Å².